The molecular formula is C15H16BrNO2. The lowest BCUT2D eigenvalue weighted by atomic mass is 9.94. The minimum absolute atomic E-state index is 0.169. The fourth-order valence-electron chi connectivity index (χ4n) is 2.75. The smallest absolute Gasteiger partial charge is 0.219 e. The first-order valence-electron chi connectivity index (χ1n) is 6.59. The van der Waals surface area contributed by atoms with Crippen molar-refractivity contribution >= 4 is 32.8 Å². The van der Waals surface area contributed by atoms with E-state index in [9.17, 15) is 4.79 Å². The zero-order valence-electron chi connectivity index (χ0n) is 10.9. The second kappa shape index (κ2) is 5.00. The summed E-state index contributed by atoms with van der Waals surface area (Å²) in [5.74, 6) is 1.60. The van der Waals surface area contributed by atoms with Crippen LogP contribution in [0.4, 0.5) is 0 Å². The van der Waals surface area contributed by atoms with Crippen LogP contribution in [0.1, 0.15) is 31.4 Å². The van der Waals surface area contributed by atoms with Gasteiger partial charge in [-0.1, -0.05) is 12.1 Å². The van der Waals surface area contributed by atoms with Gasteiger partial charge in [0.1, 0.15) is 11.3 Å². The number of piperidine rings is 1. The molecule has 1 aromatic heterocycles. The van der Waals surface area contributed by atoms with Crippen LogP contribution in [-0.4, -0.2) is 23.9 Å². The molecule has 19 heavy (non-hydrogen) atoms. The normalized spacial score (nSPS) is 17.1. The summed E-state index contributed by atoms with van der Waals surface area (Å²) in [7, 11) is 0. The van der Waals surface area contributed by atoms with Gasteiger partial charge in [0.15, 0.2) is 0 Å². The zero-order valence-corrected chi connectivity index (χ0v) is 12.4. The number of nitrogens with zero attached hydrogens (tertiary/aromatic N) is 1. The molecule has 0 radical (unpaired) electrons. The number of halogens is 1. The Hall–Kier alpha value is -1.29. The molecule has 3 nitrogen and oxygen atoms in total. The third-order valence-corrected chi connectivity index (χ3v) is 4.69. The van der Waals surface area contributed by atoms with Crippen molar-refractivity contribution in [1.82, 2.24) is 4.90 Å². The van der Waals surface area contributed by atoms with Gasteiger partial charge in [-0.25, -0.2) is 0 Å². The lowest BCUT2D eigenvalue weighted by Gasteiger charge is -2.30. The molecule has 1 amide bonds. The summed E-state index contributed by atoms with van der Waals surface area (Å²) in [4.78, 5) is 13.3. The van der Waals surface area contributed by atoms with E-state index < -0.39 is 0 Å². The fourth-order valence-corrected chi connectivity index (χ4v) is 3.48. The van der Waals surface area contributed by atoms with Gasteiger partial charge in [0.25, 0.3) is 0 Å². The molecule has 1 aliphatic heterocycles. The first-order chi connectivity index (χ1) is 9.16. The highest BCUT2D eigenvalue weighted by Gasteiger charge is 2.26. The van der Waals surface area contributed by atoms with Crippen LogP contribution < -0.4 is 0 Å². The van der Waals surface area contributed by atoms with Crippen molar-refractivity contribution in [3.8, 4) is 0 Å². The molecule has 0 unspecified atom stereocenters. The SMILES string of the molecule is CC(=O)N1CCC(c2oc3ccccc3c2Br)CC1. The predicted molar refractivity (Wildman–Crippen MR) is 78.1 cm³/mol. The average Bonchev–Trinajstić information content (AvgIpc) is 2.77. The van der Waals surface area contributed by atoms with E-state index >= 15 is 0 Å². The Morgan fingerprint density at radius 3 is 2.63 bits per heavy atom. The summed E-state index contributed by atoms with van der Waals surface area (Å²) >= 11 is 3.66. The molecule has 1 saturated heterocycles. The molecule has 0 bridgehead atoms. The van der Waals surface area contributed by atoms with Gasteiger partial charge in [0.2, 0.25) is 5.91 Å². The molecule has 0 N–H and O–H groups in total. The minimum atomic E-state index is 0.169. The highest BCUT2D eigenvalue weighted by Crippen LogP contribution is 2.39. The topological polar surface area (TPSA) is 33.5 Å². The third kappa shape index (κ3) is 2.29. The number of likely N-dealkylation sites (tertiary alicyclic amines) is 1. The summed E-state index contributed by atoms with van der Waals surface area (Å²) in [5.41, 5.74) is 0.929. The van der Waals surface area contributed by atoms with Crippen LogP contribution in [0.5, 0.6) is 0 Å². The summed E-state index contributed by atoms with van der Waals surface area (Å²) in [5, 5.41) is 1.13. The van der Waals surface area contributed by atoms with Gasteiger partial charge in [0.05, 0.1) is 4.47 Å². The predicted octanol–water partition coefficient (Wildman–Crippen LogP) is 3.92. The Morgan fingerprint density at radius 1 is 1.32 bits per heavy atom. The van der Waals surface area contributed by atoms with Crippen molar-refractivity contribution in [2.24, 2.45) is 0 Å². The summed E-state index contributed by atoms with van der Waals surface area (Å²) in [6, 6.07) is 8.07. The summed E-state index contributed by atoms with van der Waals surface area (Å²) in [6.07, 6.45) is 1.94. The molecule has 2 heterocycles. The van der Waals surface area contributed by atoms with Crippen molar-refractivity contribution in [2.75, 3.05) is 13.1 Å². The molecule has 1 aromatic carbocycles. The van der Waals surface area contributed by atoms with Crippen molar-refractivity contribution < 1.29 is 9.21 Å². The van der Waals surface area contributed by atoms with E-state index in [1.165, 1.54) is 0 Å². The van der Waals surface area contributed by atoms with Gasteiger partial charge in [-0.3, -0.25) is 4.79 Å². The molecule has 100 valence electrons. The molecule has 1 fully saturated rings. The van der Waals surface area contributed by atoms with E-state index in [0.717, 1.165) is 47.1 Å². The maximum Gasteiger partial charge on any atom is 0.219 e. The minimum Gasteiger partial charge on any atom is -0.460 e. The number of hydrogen-bond acceptors (Lipinski definition) is 2. The lowest BCUT2D eigenvalue weighted by molar-refractivity contribution is -0.129. The average molecular weight is 322 g/mol. The second-order valence-corrected chi connectivity index (χ2v) is 5.85. The first kappa shape index (κ1) is 12.7. The van der Waals surface area contributed by atoms with Crippen molar-refractivity contribution in [2.45, 2.75) is 25.7 Å². The van der Waals surface area contributed by atoms with Crippen LogP contribution in [0.2, 0.25) is 0 Å². The van der Waals surface area contributed by atoms with E-state index in [1.807, 2.05) is 23.1 Å². The Kier molecular flexibility index (Phi) is 3.35. The van der Waals surface area contributed by atoms with Crippen LogP contribution in [0.25, 0.3) is 11.0 Å². The quantitative estimate of drug-likeness (QED) is 0.797. The van der Waals surface area contributed by atoms with Crippen LogP contribution in [0.3, 0.4) is 0 Å². The number of carbonyl (C=O) groups is 1. The number of carbonyl (C=O) groups excluding carboxylic acids is 1. The van der Waals surface area contributed by atoms with E-state index in [4.69, 9.17) is 4.42 Å². The fraction of sp³-hybridized carbons (Fsp3) is 0.400. The van der Waals surface area contributed by atoms with Crippen LogP contribution in [-0.2, 0) is 4.79 Å². The van der Waals surface area contributed by atoms with E-state index in [1.54, 1.807) is 6.92 Å². The largest absolute Gasteiger partial charge is 0.460 e. The lowest BCUT2D eigenvalue weighted by Crippen LogP contribution is -2.36. The Bertz CT molecular complexity index is 612. The molecule has 4 heteroatoms. The second-order valence-electron chi connectivity index (χ2n) is 5.06. The molecule has 0 atom stereocenters. The van der Waals surface area contributed by atoms with E-state index in [-0.39, 0.29) is 5.91 Å². The molecular weight excluding hydrogens is 306 g/mol. The molecule has 2 aromatic rings. The number of amides is 1. The van der Waals surface area contributed by atoms with E-state index in [2.05, 4.69) is 22.0 Å². The first-order valence-corrected chi connectivity index (χ1v) is 7.38. The van der Waals surface area contributed by atoms with Crippen molar-refractivity contribution in [3.05, 3.63) is 34.5 Å². The number of rotatable bonds is 1. The van der Waals surface area contributed by atoms with Crippen LogP contribution >= 0.6 is 15.9 Å². The molecule has 0 spiro atoms. The van der Waals surface area contributed by atoms with Crippen molar-refractivity contribution in [3.63, 3.8) is 0 Å². The standard InChI is InChI=1S/C15H16BrNO2/c1-10(18)17-8-6-11(7-9-17)15-14(16)12-4-2-3-5-13(12)19-15/h2-5,11H,6-9H2,1H3. The number of furan rings is 1. The number of fused-ring (bicyclic) bond motifs is 1. The Labute approximate surface area is 120 Å². The number of hydrogen-bond donors (Lipinski definition) is 0. The molecule has 0 aliphatic carbocycles. The van der Waals surface area contributed by atoms with Gasteiger partial charge >= 0.3 is 0 Å². The van der Waals surface area contributed by atoms with Crippen molar-refractivity contribution in [1.29, 1.82) is 0 Å². The summed E-state index contributed by atoms with van der Waals surface area (Å²) in [6.45, 7) is 3.28. The van der Waals surface area contributed by atoms with E-state index in [0.29, 0.717) is 5.92 Å². The molecule has 1 aliphatic rings. The maximum atomic E-state index is 11.3. The molecule has 0 saturated carbocycles. The molecule has 3 rings (SSSR count). The van der Waals surface area contributed by atoms with Gasteiger partial charge in [-0.05, 0) is 40.9 Å². The highest BCUT2D eigenvalue weighted by atomic mass is 79.9. The highest BCUT2D eigenvalue weighted by molar-refractivity contribution is 9.10. The van der Waals surface area contributed by atoms with Crippen LogP contribution in [0.15, 0.2) is 33.2 Å². The summed E-state index contributed by atoms with van der Waals surface area (Å²) < 4.78 is 7.06. The number of benzene rings is 1. The zero-order chi connectivity index (χ0) is 13.4. The Morgan fingerprint density at radius 2 is 2.00 bits per heavy atom. The van der Waals surface area contributed by atoms with Crippen LogP contribution in [0, 0.1) is 0 Å². The van der Waals surface area contributed by atoms with Gasteiger partial charge < -0.3 is 9.32 Å². The maximum absolute atomic E-state index is 11.3. The third-order valence-electron chi connectivity index (χ3n) is 3.87. The van der Waals surface area contributed by atoms with Gasteiger partial charge in [0, 0.05) is 31.3 Å². The van der Waals surface area contributed by atoms with Gasteiger partial charge in [-0.15, -0.1) is 0 Å². The van der Waals surface area contributed by atoms with Gasteiger partial charge in [-0.2, -0.15) is 0 Å². The number of para-hydroxylation sites is 1. The monoisotopic (exact) mass is 321 g/mol. The Balaban J connectivity index is 1.86.